The molecule has 0 spiro atoms. The standard InChI is InChI=1S/C24H22N8O3/c33-32(34)20-11-5-4-10-19(20)21-13-12-18(35-21)16-25-30-23-27-22(26-17-8-2-1-3-9-17)28-24(29-23)31-14-6-7-15-31/h1-5,8-13,16H,6-7,14-15H2,(H2,26,27,28,29,30)/b25-16-. The van der Waals surface area contributed by atoms with Crippen molar-refractivity contribution in [2.24, 2.45) is 5.10 Å². The van der Waals surface area contributed by atoms with Crippen LogP contribution in [0.15, 0.2) is 76.2 Å². The van der Waals surface area contributed by atoms with Crippen molar-refractivity contribution < 1.29 is 9.34 Å². The highest BCUT2D eigenvalue weighted by Gasteiger charge is 2.18. The average molecular weight is 470 g/mol. The van der Waals surface area contributed by atoms with E-state index in [1.54, 1.807) is 30.3 Å². The van der Waals surface area contributed by atoms with Gasteiger partial charge in [-0.05, 0) is 43.2 Å². The minimum absolute atomic E-state index is 0.0264. The van der Waals surface area contributed by atoms with Gasteiger partial charge in [-0.3, -0.25) is 10.1 Å². The SMILES string of the molecule is O=[N+]([O-])c1ccccc1-c1ccc(/C=N\Nc2nc(Nc3ccccc3)nc(N3CCCC3)n2)o1. The van der Waals surface area contributed by atoms with Gasteiger partial charge < -0.3 is 14.6 Å². The molecule has 3 heterocycles. The average Bonchev–Trinajstić information content (AvgIpc) is 3.57. The van der Waals surface area contributed by atoms with E-state index in [-0.39, 0.29) is 11.6 Å². The van der Waals surface area contributed by atoms with Gasteiger partial charge in [-0.2, -0.15) is 20.1 Å². The van der Waals surface area contributed by atoms with E-state index in [0.29, 0.717) is 29.0 Å². The van der Waals surface area contributed by atoms with Crippen molar-refractivity contribution in [1.29, 1.82) is 0 Å². The molecular weight excluding hydrogens is 448 g/mol. The molecule has 2 aromatic heterocycles. The summed E-state index contributed by atoms with van der Waals surface area (Å²) in [5, 5.41) is 18.7. The normalized spacial score (nSPS) is 13.3. The molecule has 11 nitrogen and oxygen atoms in total. The first-order chi connectivity index (χ1) is 17.2. The van der Waals surface area contributed by atoms with Crippen molar-refractivity contribution >= 4 is 35.4 Å². The zero-order valence-corrected chi connectivity index (χ0v) is 18.7. The van der Waals surface area contributed by atoms with Gasteiger partial charge in [-0.25, -0.2) is 5.43 Å². The molecule has 4 aromatic rings. The van der Waals surface area contributed by atoms with Gasteiger partial charge in [-0.1, -0.05) is 30.3 Å². The zero-order valence-electron chi connectivity index (χ0n) is 18.7. The maximum atomic E-state index is 11.3. The molecular formula is C24H22N8O3. The number of hydrazone groups is 1. The number of hydrogen-bond donors (Lipinski definition) is 2. The Morgan fingerprint density at radius 3 is 2.49 bits per heavy atom. The first-order valence-electron chi connectivity index (χ1n) is 11.1. The third-order valence-electron chi connectivity index (χ3n) is 5.39. The van der Waals surface area contributed by atoms with Gasteiger partial charge >= 0.3 is 0 Å². The fourth-order valence-electron chi connectivity index (χ4n) is 3.74. The summed E-state index contributed by atoms with van der Waals surface area (Å²) in [6.07, 6.45) is 3.64. The van der Waals surface area contributed by atoms with Crippen LogP contribution in [-0.2, 0) is 0 Å². The fraction of sp³-hybridized carbons (Fsp3) is 0.167. The van der Waals surface area contributed by atoms with Crippen LogP contribution in [0.1, 0.15) is 18.6 Å². The van der Waals surface area contributed by atoms with E-state index < -0.39 is 4.92 Å². The minimum atomic E-state index is -0.438. The van der Waals surface area contributed by atoms with Crippen molar-refractivity contribution in [3.8, 4) is 11.3 Å². The number of benzene rings is 2. The maximum absolute atomic E-state index is 11.3. The quantitative estimate of drug-likeness (QED) is 0.211. The summed E-state index contributed by atoms with van der Waals surface area (Å²) in [6, 6.07) is 19.4. The number of anilines is 4. The van der Waals surface area contributed by atoms with Crippen LogP contribution < -0.4 is 15.6 Å². The van der Waals surface area contributed by atoms with Crippen molar-refractivity contribution in [3.05, 3.63) is 82.6 Å². The molecule has 176 valence electrons. The van der Waals surface area contributed by atoms with Gasteiger partial charge in [0.2, 0.25) is 17.8 Å². The Balaban J connectivity index is 1.34. The summed E-state index contributed by atoms with van der Waals surface area (Å²) in [5.41, 5.74) is 4.07. The molecule has 0 radical (unpaired) electrons. The second-order valence-corrected chi connectivity index (χ2v) is 7.81. The number of nitro groups is 1. The Hall–Kier alpha value is -4.80. The molecule has 2 N–H and O–H groups in total. The number of nitrogens with zero attached hydrogens (tertiary/aromatic N) is 6. The largest absolute Gasteiger partial charge is 0.455 e. The highest BCUT2D eigenvalue weighted by atomic mass is 16.6. The van der Waals surface area contributed by atoms with Crippen LogP contribution in [0, 0.1) is 10.1 Å². The number of rotatable bonds is 8. The molecule has 1 saturated heterocycles. The van der Waals surface area contributed by atoms with E-state index >= 15 is 0 Å². The lowest BCUT2D eigenvalue weighted by atomic mass is 10.1. The molecule has 0 bridgehead atoms. The third-order valence-corrected chi connectivity index (χ3v) is 5.39. The van der Waals surface area contributed by atoms with Crippen molar-refractivity contribution in [2.75, 3.05) is 28.7 Å². The number of nitrogens with one attached hydrogen (secondary N) is 2. The second-order valence-electron chi connectivity index (χ2n) is 7.81. The van der Waals surface area contributed by atoms with E-state index in [1.165, 1.54) is 12.3 Å². The molecule has 1 aliphatic rings. The minimum Gasteiger partial charge on any atom is -0.455 e. The molecule has 1 aliphatic heterocycles. The Kier molecular flexibility index (Phi) is 6.29. The summed E-state index contributed by atoms with van der Waals surface area (Å²) in [6.45, 7) is 1.77. The Bertz CT molecular complexity index is 1350. The highest BCUT2D eigenvalue weighted by molar-refractivity contribution is 5.79. The lowest BCUT2D eigenvalue weighted by Gasteiger charge is -2.16. The van der Waals surface area contributed by atoms with Crippen LogP contribution in [0.3, 0.4) is 0 Å². The van der Waals surface area contributed by atoms with Gasteiger partial charge in [-0.15, -0.1) is 0 Å². The lowest BCUT2D eigenvalue weighted by Crippen LogP contribution is -2.21. The Morgan fingerprint density at radius 2 is 1.69 bits per heavy atom. The Labute approximate surface area is 200 Å². The molecule has 11 heteroatoms. The van der Waals surface area contributed by atoms with Crippen LogP contribution in [0.5, 0.6) is 0 Å². The first kappa shape index (κ1) is 22.0. The molecule has 1 fully saturated rings. The van der Waals surface area contributed by atoms with Crippen LogP contribution in [0.4, 0.5) is 29.2 Å². The van der Waals surface area contributed by atoms with Gasteiger partial charge in [0.1, 0.15) is 11.5 Å². The number of nitro benzene ring substituents is 1. The monoisotopic (exact) mass is 470 g/mol. The van der Waals surface area contributed by atoms with Crippen LogP contribution in [0.2, 0.25) is 0 Å². The van der Waals surface area contributed by atoms with E-state index in [0.717, 1.165) is 31.6 Å². The first-order valence-corrected chi connectivity index (χ1v) is 11.1. The smallest absolute Gasteiger partial charge is 0.280 e. The van der Waals surface area contributed by atoms with Crippen LogP contribution >= 0.6 is 0 Å². The maximum Gasteiger partial charge on any atom is 0.280 e. The molecule has 0 unspecified atom stereocenters. The highest BCUT2D eigenvalue weighted by Crippen LogP contribution is 2.30. The molecule has 0 amide bonds. The van der Waals surface area contributed by atoms with E-state index in [1.807, 2.05) is 30.3 Å². The second kappa shape index (κ2) is 10.00. The predicted molar refractivity (Wildman–Crippen MR) is 133 cm³/mol. The molecule has 5 rings (SSSR count). The number of hydrogen-bond acceptors (Lipinski definition) is 10. The van der Waals surface area contributed by atoms with Gasteiger partial charge in [0, 0.05) is 24.8 Å². The third kappa shape index (κ3) is 5.24. The molecule has 0 saturated carbocycles. The number of aromatic nitrogens is 3. The molecule has 0 aliphatic carbocycles. The summed E-state index contributed by atoms with van der Waals surface area (Å²) in [5.74, 6) is 2.06. The van der Waals surface area contributed by atoms with E-state index in [4.69, 9.17) is 4.42 Å². The topological polar surface area (TPSA) is 135 Å². The van der Waals surface area contributed by atoms with Crippen LogP contribution in [0.25, 0.3) is 11.3 Å². The summed E-state index contributed by atoms with van der Waals surface area (Å²) in [7, 11) is 0. The molecule has 2 aromatic carbocycles. The molecule has 0 atom stereocenters. The lowest BCUT2D eigenvalue weighted by molar-refractivity contribution is -0.384. The number of furan rings is 1. The van der Waals surface area contributed by atoms with Gasteiger partial charge in [0.05, 0.1) is 16.7 Å². The van der Waals surface area contributed by atoms with Crippen LogP contribution in [-0.4, -0.2) is 39.2 Å². The van der Waals surface area contributed by atoms with Gasteiger partial charge in [0.15, 0.2) is 0 Å². The number of para-hydroxylation sites is 2. The van der Waals surface area contributed by atoms with E-state index in [2.05, 4.69) is 35.7 Å². The van der Waals surface area contributed by atoms with Gasteiger partial charge in [0.25, 0.3) is 5.69 Å². The zero-order chi connectivity index (χ0) is 24.0. The van der Waals surface area contributed by atoms with E-state index in [9.17, 15) is 10.1 Å². The summed E-state index contributed by atoms with van der Waals surface area (Å²) >= 11 is 0. The predicted octanol–water partition coefficient (Wildman–Crippen LogP) is 4.83. The summed E-state index contributed by atoms with van der Waals surface area (Å²) < 4.78 is 5.74. The molecule has 35 heavy (non-hydrogen) atoms. The van der Waals surface area contributed by atoms with Crippen molar-refractivity contribution in [1.82, 2.24) is 15.0 Å². The fourth-order valence-corrected chi connectivity index (χ4v) is 3.74. The Morgan fingerprint density at radius 1 is 0.943 bits per heavy atom. The summed E-state index contributed by atoms with van der Waals surface area (Å²) in [4.78, 5) is 26.5. The van der Waals surface area contributed by atoms with Crippen molar-refractivity contribution in [3.63, 3.8) is 0 Å². The van der Waals surface area contributed by atoms with Crippen molar-refractivity contribution in [2.45, 2.75) is 12.8 Å².